The summed E-state index contributed by atoms with van der Waals surface area (Å²) in [5, 5.41) is 4.32. The van der Waals surface area contributed by atoms with E-state index in [1.807, 2.05) is 52.9 Å². The molecule has 0 unspecified atom stereocenters. The van der Waals surface area contributed by atoms with Gasteiger partial charge in [0.1, 0.15) is 0 Å². The van der Waals surface area contributed by atoms with Crippen molar-refractivity contribution in [1.82, 2.24) is 14.7 Å². The molecule has 6 heteroatoms. The Morgan fingerprint density at radius 1 is 1.19 bits per heavy atom. The topological polar surface area (TPSA) is 64.4 Å². The summed E-state index contributed by atoms with van der Waals surface area (Å²) < 4.78 is 7.31. The minimum absolute atomic E-state index is 0.221. The molecule has 0 saturated carbocycles. The van der Waals surface area contributed by atoms with Gasteiger partial charge >= 0.3 is 5.97 Å². The number of amides is 1. The highest BCUT2D eigenvalue weighted by Crippen LogP contribution is 2.21. The van der Waals surface area contributed by atoms with Gasteiger partial charge in [0.25, 0.3) is 5.91 Å². The minimum Gasteiger partial charge on any atom is -0.444 e. The highest BCUT2D eigenvalue weighted by Gasteiger charge is 2.27. The van der Waals surface area contributed by atoms with E-state index >= 15 is 0 Å². The summed E-state index contributed by atoms with van der Waals surface area (Å²) in [7, 11) is 1.85. The zero-order valence-electron chi connectivity index (χ0n) is 16.6. The van der Waals surface area contributed by atoms with Crippen molar-refractivity contribution in [3.05, 3.63) is 58.9 Å². The molecule has 0 N–H and O–H groups in total. The first-order valence-electron chi connectivity index (χ1n) is 9.11. The number of ether oxygens (including phenoxy) is 1. The van der Waals surface area contributed by atoms with Crippen LogP contribution in [0.25, 0.3) is 6.08 Å². The molecule has 27 heavy (non-hydrogen) atoms. The zero-order valence-corrected chi connectivity index (χ0v) is 16.6. The summed E-state index contributed by atoms with van der Waals surface area (Å²) >= 11 is 0. The number of rotatable bonds is 7. The van der Waals surface area contributed by atoms with Gasteiger partial charge in [-0.05, 0) is 33.8 Å². The van der Waals surface area contributed by atoms with E-state index in [0.29, 0.717) is 18.7 Å². The smallest absolute Gasteiger partial charge is 0.331 e. The van der Waals surface area contributed by atoms with Crippen LogP contribution in [0.1, 0.15) is 42.5 Å². The largest absolute Gasteiger partial charge is 0.444 e. The highest BCUT2D eigenvalue weighted by molar-refractivity contribution is 5.91. The maximum absolute atomic E-state index is 12.8. The van der Waals surface area contributed by atoms with Gasteiger partial charge in [-0.2, -0.15) is 5.10 Å². The molecule has 0 bridgehead atoms. The lowest BCUT2D eigenvalue weighted by molar-refractivity contribution is -0.157. The van der Waals surface area contributed by atoms with Crippen molar-refractivity contribution in [1.29, 1.82) is 0 Å². The Balaban J connectivity index is 2.23. The average Bonchev–Trinajstić information content (AvgIpc) is 2.91. The van der Waals surface area contributed by atoms with Gasteiger partial charge in [0.2, 0.25) is 6.10 Å². The van der Waals surface area contributed by atoms with E-state index in [4.69, 9.17) is 4.74 Å². The number of hydrogen-bond acceptors (Lipinski definition) is 4. The predicted octanol–water partition coefficient (Wildman–Crippen LogP) is 3.20. The molecular formula is C21H27N3O3. The predicted molar refractivity (Wildman–Crippen MR) is 105 cm³/mol. The summed E-state index contributed by atoms with van der Waals surface area (Å²) in [6, 6.07) is 9.09. The monoisotopic (exact) mass is 369 g/mol. The van der Waals surface area contributed by atoms with E-state index in [1.165, 1.54) is 6.08 Å². The summed E-state index contributed by atoms with van der Waals surface area (Å²) in [5.41, 5.74) is 3.32. The third kappa shape index (κ3) is 4.84. The van der Waals surface area contributed by atoms with E-state index < -0.39 is 12.1 Å². The van der Waals surface area contributed by atoms with E-state index in [2.05, 4.69) is 5.10 Å². The van der Waals surface area contributed by atoms with Crippen LogP contribution < -0.4 is 0 Å². The summed E-state index contributed by atoms with van der Waals surface area (Å²) in [6.07, 6.45) is 2.08. The van der Waals surface area contributed by atoms with E-state index in [-0.39, 0.29) is 5.91 Å². The van der Waals surface area contributed by atoms with Gasteiger partial charge in [-0.1, -0.05) is 30.3 Å². The van der Waals surface area contributed by atoms with Crippen molar-refractivity contribution in [2.24, 2.45) is 7.05 Å². The Hall–Kier alpha value is -2.89. The molecule has 144 valence electrons. The number of benzene rings is 1. The lowest BCUT2D eigenvalue weighted by Crippen LogP contribution is -2.36. The molecule has 0 aliphatic heterocycles. The van der Waals surface area contributed by atoms with Crippen LogP contribution in [0.5, 0.6) is 0 Å². The Morgan fingerprint density at radius 2 is 1.81 bits per heavy atom. The Bertz CT molecular complexity index is 821. The van der Waals surface area contributed by atoms with Crippen LogP contribution in [0, 0.1) is 13.8 Å². The fraction of sp³-hybridized carbons (Fsp3) is 0.381. The van der Waals surface area contributed by atoms with Crippen LogP contribution in [-0.4, -0.2) is 39.6 Å². The summed E-state index contributed by atoms with van der Waals surface area (Å²) in [4.78, 5) is 26.9. The average molecular weight is 369 g/mol. The fourth-order valence-electron chi connectivity index (χ4n) is 2.93. The molecule has 1 amide bonds. The van der Waals surface area contributed by atoms with Crippen LogP contribution >= 0.6 is 0 Å². The Morgan fingerprint density at radius 3 is 2.33 bits per heavy atom. The maximum Gasteiger partial charge on any atom is 0.331 e. The molecule has 2 aromatic rings. The highest BCUT2D eigenvalue weighted by atomic mass is 16.5. The molecule has 1 heterocycles. The first-order chi connectivity index (χ1) is 12.9. The molecule has 0 aliphatic carbocycles. The van der Waals surface area contributed by atoms with E-state index in [9.17, 15) is 9.59 Å². The van der Waals surface area contributed by atoms with Crippen LogP contribution in [0.4, 0.5) is 0 Å². The van der Waals surface area contributed by atoms with Gasteiger partial charge in [-0.25, -0.2) is 4.79 Å². The number of likely N-dealkylation sites (N-methyl/N-ethyl adjacent to an activating group) is 1. The molecule has 0 saturated heterocycles. The van der Waals surface area contributed by atoms with Gasteiger partial charge in [-0.3, -0.25) is 9.48 Å². The van der Waals surface area contributed by atoms with Crippen LogP contribution in [0.3, 0.4) is 0 Å². The van der Waals surface area contributed by atoms with Gasteiger partial charge in [-0.15, -0.1) is 0 Å². The second-order valence-corrected chi connectivity index (χ2v) is 6.28. The number of nitrogens with zero attached hydrogens (tertiary/aromatic N) is 3. The number of carbonyl (C=O) groups excluding carboxylic acids is 2. The molecule has 0 radical (unpaired) electrons. The third-order valence-corrected chi connectivity index (χ3v) is 4.59. The van der Waals surface area contributed by atoms with E-state index in [1.54, 1.807) is 27.8 Å². The number of aromatic nitrogens is 2. The van der Waals surface area contributed by atoms with Gasteiger partial charge in [0, 0.05) is 43.0 Å². The quantitative estimate of drug-likeness (QED) is 0.555. The normalized spacial score (nSPS) is 12.2. The molecule has 6 nitrogen and oxygen atoms in total. The molecule has 1 aromatic heterocycles. The second kappa shape index (κ2) is 9.16. The third-order valence-electron chi connectivity index (χ3n) is 4.59. The van der Waals surface area contributed by atoms with Crippen molar-refractivity contribution < 1.29 is 14.3 Å². The first-order valence-corrected chi connectivity index (χ1v) is 9.11. The Labute approximate surface area is 160 Å². The van der Waals surface area contributed by atoms with Crippen molar-refractivity contribution >= 4 is 18.0 Å². The lowest BCUT2D eigenvalue weighted by Gasteiger charge is -2.25. The van der Waals surface area contributed by atoms with Crippen LogP contribution in [0.2, 0.25) is 0 Å². The number of carbonyl (C=O) groups is 2. The number of aryl methyl sites for hydroxylation is 2. The SMILES string of the molecule is CCN(CC)C(=O)[C@@H](OC(=O)/C=C/c1c(C)nn(C)c1C)c1ccccc1. The van der Waals surface area contributed by atoms with Crippen LogP contribution in [-0.2, 0) is 21.4 Å². The van der Waals surface area contributed by atoms with Gasteiger partial charge in [0.15, 0.2) is 0 Å². The van der Waals surface area contributed by atoms with Crippen molar-refractivity contribution in [2.45, 2.75) is 33.8 Å². The summed E-state index contributed by atoms with van der Waals surface area (Å²) in [6.45, 7) is 8.73. The zero-order chi connectivity index (χ0) is 20.0. The molecule has 1 aromatic carbocycles. The van der Waals surface area contributed by atoms with Gasteiger partial charge in [0.05, 0.1) is 5.69 Å². The van der Waals surface area contributed by atoms with Crippen molar-refractivity contribution in [3.63, 3.8) is 0 Å². The summed E-state index contributed by atoms with van der Waals surface area (Å²) in [5.74, 6) is -0.784. The minimum atomic E-state index is -0.959. The standard InChI is InChI=1S/C21H27N3O3/c1-6-24(7-2)21(26)20(17-11-9-8-10-12-17)27-19(25)14-13-18-15(3)22-23(5)16(18)4/h8-14,20H,6-7H2,1-5H3/b14-13+/t20-/m0/s1. The van der Waals surface area contributed by atoms with Gasteiger partial charge < -0.3 is 9.64 Å². The van der Waals surface area contributed by atoms with Crippen molar-refractivity contribution in [2.75, 3.05) is 13.1 Å². The lowest BCUT2D eigenvalue weighted by atomic mass is 10.1. The second-order valence-electron chi connectivity index (χ2n) is 6.28. The molecule has 0 aliphatic rings. The molecule has 0 fully saturated rings. The Kier molecular flexibility index (Phi) is 6.93. The molecular weight excluding hydrogens is 342 g/mol. The number of esters is 1. The molecule has 0 spiro atoms. The maximum atomic E-state index is 12.8. The molecule has 2 rings (SSSR count). The van der Waals surface area contributed by atoms with E-state index in [0.717, 1.165) is 17.0 Å². The fourth-order valence-corrected chi connectivity index (χ4v) is 2.93. The first kappa shape index (κ1) is 20.4. The van der Waals surface area contributed by atoms with Crippen LogP contribution in [0.15, 0.2) is 36.4 Å². The molecule has 1 atom stereocenters. The number of hydrogen-bond donors (Lipinski definition) is 0. The van der Waals surface area contributed by atoms with Crippen molar-refractivity contribution in [3.8, 4) is 0 Å².